The van der Waals surface area contributed by atoms with E-state index in [1.54, 1.807) is 0 Å². The van der Waals surface area contributed by atoms with Crippen LogP contribution in [0.2, 0.25) is 0 Å². The van der Waals surface area contributed by atoms with Gasteiger partial charge in [0.05, 0.1) is 6.10 Å². The van der Waals surface area contributed by atoms with Crippen molar-refractivity contribution >= 4 is 5.97 Å². The van der Waals surface area contributed by atoms with E-state index in [4.69, 9.17) is 9.84 Å². The number of hydrogen-bond donors (Lipinski definition) is 1. The van der Waals surface area contributed by atoms with E-state index in [1.807, 2.05) is 0 Å². The number of esters is 1. The van der Waals surface area contributed by atoms with Gasteiger partial charge >= 0.3 is 5.97 Å². The summed E-state index contributed by atoms with van der Waals surface area (Å²) in [6.45, 7) is 5.61. The molecule has 0 aliphatic rings. The first kappa shape index (κ1) is 19.4. The Hall–Kier alpha value is -0.570. The molecule has 0 heterocycles. The second-order valence-corrected chi connectivity index (χ2v) is 5.62. The predicted molar refractivity (Wildman–Crippen MR) is 83.4 cm³/mol. The number of rotatable bonds is 14. The minimum atomic E-state index is -0.809. The molecular formula is C17H33O3. The van der Waals surface area contributed by atoms with Gasteiger partial charge in [0.15, 0.2) is 0 Å². The van der Waals surface area contributed by atoms with Crippen LogP contribution in [0.1, 0.15) is 84.0 Å². The maximum absolute atomic E-state index is 11.2. The zero-order chi connectivity index (χ0) is 15.1. The summed E-state index contributed by atoms with van der Waals surface area (Å²) in [5, 5.41) is 8.87. The summed E-state index contributed by atoms with van der Waals surface area (Å²) in [7, 11) is 0. The lowest BCUT2D eigenvalue weighted by Crippen LogP contribution is -2.15. The summed E-state index contributed by atoms with van der Waals surface area (Å²) in [6, 6.07) is 0. The summed E-state index contributed by atoms with van der Waals surface area (Å²) in [5.41, 5.74) is 0. The van der Waals surface area contributed by atoms with Crippen LogP contribution in [0.25, 0.3) is 0 Å². The quantitative estimate of drug-likeness (QED) is 0.379. The standard InChI is InChI=1S/C17H33O3/c1-3-4-5-6-7-8-9-10-11-12-13-14-17(19)20-15-16(2)18/h16,18H,2-15H2,1H3. The maximum Gasteiger partial charge on any atom is 0.305 e. The highest BCUT2D eigenvalue weighted by molar-refractivity contribution is 5.69. The monoisotopic (exact) mass is 285 g/mol. The third-order valence-electron chi connectivity index (χ3n) is 3.42. The Morgan fingerprint density at radius 1 is 0.950 bits per heavy atom. The van der Waals surface area contributed by atoms with Gasteiger partial charge in [0.1, 0.15) is 6.61 Å². The number of hydrogen-bond acceptors (Lipinski definition) is 3. The highest BCUT2D eigenvalue weighted by Crippen LogP contribution is 2.12. The molecule has 0 aliphatic carbocycles. The molecule has 0 aromatic carbocycles. The smallest absolute Gasteiger partial charge is 0.305 e. The first-order valence-electron chi connectivity index (χ1n) is 8.33. The second kappa shape index (κ2) is 14.8. The van der Waals surface area contributed by atoms with E-state index < -0.39 is 6.10 Å². The van der Waals surface area contributed by atoms with Crippen LogP contribution in [0.3, 0.4) is 0 Å². The maximum atomic E-state index is 11.2. The minimum absolute atomic E-state index is 0.0108. The average molecular weight is 285 g/mol. The molecule has 3 heteroatoms. The van der Waals surface area contributed by atoms with Crippen molar-refractivity contribution in [1.82, 2.24) is 0 Å². The van der Waals surface area contributed by atoms with Crippen molar-refractivity contribution < 1.29 is 14.6 Å². The average Bonchev–Trinajstić information content (AvgIpc) is 2.42. The van der Waals surface area contributed by atoms with Crippen LogP contribution in [-0.4, -0.2) is 23.8 Å². The number of aliphatic hydroxyl groups excluding tert-OH is 1. The molecule has 1 radical (unpaired) electrons. The van der Waals surface area contributed by atoms with Crippen LogP contribution in [0.15, 0.2) is 0 Å². The summed E-state index contributed by atoms with van der Waals surface area (Å²) in [4.78, 5) is 11.2. The second-order valence-electron chi connectivity index (χ2n) is 5.62. The topological polar surface area (TPSA) is 46.5 Å². The van der Waals surface area contributed by atoms with Gasteiger partial charge in [0.2, 0.25) is 0 Å². The fourth-order valence-corrected chi connectivity index (χ4v) is 2.19. The van der Waals surface area contributed by atoms with E-state index in [9.17, 15) is 4.79 Å². The van der Waals surface area contributed by atoms with Crippen molar-refractivity contribution in [1.29, 1.82) is 0 Å². The SMILES string of the molecule is [CH2]C(O)COC(=O)CCCCCCCCCCCCC. The van der Waals surface area contributed by atoms with Crippen molar-refractivity contribution in [3.63, 3.8) is 0 Å². The normalized spacial score (nSPS) is 12.3. The largest absolute Gasteiger partial charge is 0.463 e. The van der Waals surface area contributed by atoms with Gasteiger partial charge in [0, 0.05) is 6.42 Å². The van der Waals surface area contributed by atoms with E-state index in [-0.39, 0.29) is 12.6 Å². The van der Waals surface area contributed by atoms with E-state index in [0.717, 1.165) is 12.8 Å². The molecule has 1 unspecified atom stereocenters. The molecule has 0 saturated carbocycles. The van der Waals surface area contributed by atoms with Crippen LogP contribution < -0.4 is 0 Å². The van der Waals surface area contributed by atoms with Crippen LogP contribution >= 0.6 is 0 Å². The van der Waals surface area contributed by atoms with Crippen molar-refractivity contribution in [3.8, 4) is 0 Å². The first-order valence-corrected chi connectivity index (χ1v) is 8.33. The van der Waals surface area contributed by atoms with Gasteiger partial charge in [-0.2, -0.15) is 0 Å². The Balaban J connectivity index is 3.11. The third kappa shape index (κ3) is 15.5. The Kier molecular flexibility index (Phi) is 14.4. The molecule has 0 aliphatic heterocycles. The molecule has 1 N–H and O–H groups in total. The van der Waals surface area contributed by atoms with Gasteiger partial charge in [-0.3, -0.25) is 4.79 Å². The molecular weight excluding hydrogens is 252 g/mol. The Morgan fingerprint density at radius 3 is 1.85 bits per heavy atom. The molecule has 0 aromatic rings. The molecule has 0 spiro atoms. The van der Waals surface area contributed by atoms with Crippen LogP contribution in [-0.2, 0) is 9.53 Å². The predicted octanol–water partition coefficient (Wildman–Crippen LogP) is 4.43. The molecule has 0 amide bonds. The zero-order valence-electron chi connectivity index (χ0n) is 13.2. The molecule has 0 fully saturated rings. The Bertz CT molecular complexity index is 214. The van der Waals surface area contributed by atoms with E-state index in [2.05, 4.69) is 13.8 Å². The lowest BCUT2D eigenvalue weighted by Gasteiger charge is -2.06. The van der Waals surface area contributed by atoms with Gasteiger partial charge in [-0.25, -0.2) is 0 Å². The van der Waals surface area contributed by atoms with Gasteiger partial charge < -0.3 is 9.84 Å². The Morgan fingerprint density at radius 2 is 1.40 bits per heavy atom. The minimum Gasteiger partial charge on any atom is -0.463 e. The molecule has 0 saturated heterocycles. The van der Waals surface area contributed by atoms with Gasteiger partial charge in [-0.05, 0) is 13.3 Å². The fourth-order valence-electron chi connectivity index (χ4n) is 2.19. The summed E-state index contributed by atoms with van der Waals surface area (Å²) < 4.78 is 4.84. The van der Waals surface area contributed by atoms with Crippen molar-refractivity contribution in [2.75, 3.05) is 6.61 Å². The molecule has 20 heavy (non-hydrogen) atoms. The fraction of sp³-hybridized carbons (Fsp3) is 0.882. The molecule has 1 atom stereocenters. The molecule has 0 rings (SSSR count). The third-order valence-corrected chi connectivity index (χ3v) is 3.42. The number of aliphatic hydroxyl groups is 1. The first-order chi connectivity index (χ1) is 9.66. The summed E-state index contributed by atoms with van der Waals surface area (Å²) in [6.07, 6.45) is 13.6. The van der Waals surface area contributed by atoms with Crippen molar-refractivity contribution in [2.24, 2.45) is 0 Å². The van der Waals surface area contributed by atoms with Gasteiger partial charge in [0.25, 0.3) is 0 Å². The highest BCUT2D eigenvalue weighted by Gasteiger charge is 2.04. The molecule has 3 nitrogen and oxygen atoms in total. The lowest BCUT2D eigenvalue weighted by molar-refractivity contribution is -0.146. The number of ether oxygens (including phenoxy) is 1. The molecule has 0 bridgehead atoms. The van der Waals surface area contributed by atoms with Crippen molar-refractivity contribution in [3.05, 3.63) is 6.92 Å². The van der Waals surface area contributed by atoms with E-state index in [0.29, 0.717) is 6.42 Å². The van der Waals surface area contributed by atoms with E-state index in [1.165, 1.54) is 57.8 Å². The van der Waals surface area contributed by atoms with Gasteiger partial charge in [-0.15, -0.1) is 0 Å². The van der Waals surface area contributed by atoms with Crippen LogP contribution in [0.4, 0.5) is 0 Å². The number of carbonyl (C=O) groups is 1. The molecule has 119 valence electrons. The van der Waals surface area contributed by atoms with E-state index >= 15 is 0 Å². The summed E-state index contributed by atoms with van der Waals surface area (Å²) >= 11 is 0. The van der Waals surface area contributed by atoms with Crippen LogP contribution in [0.5, 0.6) is 0 Å². The Labute approximate surface area is 125 Å². The van der Waals surface area contributed by atoms with Gasteiger partial charge in [-0.1, -0.05) is 71.1 Å². The van der Waals surface area contributed by atoms with Crippen LogP contribution in [0, 0.1) is 6.92 Å². The lowest BCUT2D eigenvalue weighted by atomic mass is 10.1. The molecule has 0 aromatic heterocycles. The summed E-state index contributed by atoms with van der Waals surface area (Å²) in [5.74, 6) is -0.219. The highest BCUT2D eigenvalue weighted by atomic mass is 16.5. The number of unbranched alkanes of at least 4 members (excludes halogenated alkanes) is 10. The van der Waals surface area contributed by atoms with Crippen molar-refractivity contribution in [2.45, 2.75) is 90.1 Å². The number of carbonyl (C=O) groups excluding carboxylic acids is 1. The zero-order valence-corrected chi connectivity index (χ0v) is 13.2.